The molecule has 42 heavy (non-hydrogen) atoms. The van der Waals surface area contributed by atoms with E-state index < -0.39 is 0 Å². The van der Waals surface area contributed by atoms with Crippen LogP contribution in [0.15, 0.2) is 61.4 Å². The van der Waals surface area contributed by atoms with Crippen LogP contribution in [0, 0.1) is 11.3 Å². The highest BCUT2D eigenvalue weighted by Gasteiger charge is 2.24. The molecular formula is C30H32N8O4. The van der Waals surface area contributed by atoms with E-state index in [0.717, 1.165) is 24.0 Å². The number of hydrogen-bond acceptors (Lipinski definition) is 10. The first-order valence-electron chi connectivity index (χ1n) is 13.6. The molecule has 1 aliphatic rings. The average molecular weight is 569 g/mol. The van der Waals surface area contributed by atoms with Crippen molar-refractivity contribution < 1.29 is 19.0 Å². The molecule has 12 nitrogen and oxygen atoms in total. The van der Waals surface area contributed by atoms with Crippen molar-refractivity contribution in [1.29, 1.82) is 5.26 Å². The number of carbonyl (C=O) groups is 1. The molecule has 216 valence electrons. The molecule has 1 amide bonds. The number of piperidine rings is 1. The molecule has 3 heterocycles. The van der Waals surface area contributed by atoms with Gasteiger partial charge in [-0.05, 0) is 55.7 Å². The molecule has 1 unspecified atom stereocenters. The number of methoxy groups -OCH3 is 2. The predicted molar refractivity (Wildman–Crippen MR) is 155 cm³/mol. The number of rotatable bonds is 10. The van der Waals surface area contributed by atoms with Crippen molar-refractivity contribution in [3.8, 4) is 28.7 Å². The van der Waals surface area contributed by atoms with Crippen molar-refractivity contribution in [3.63, 3.8) is 0 Å². The fourth-order valence-corrected chi connectivity index (χ4v) is 4.80. The van der Waals surface area contributed by atoms with Crippen LogP contribution in [0.5, 0.6) is 11.5 Å². The van der Waals surface area contributed by atoms with Gasteiger partial charge in [0, 0.05) is 43.7 Å². The smallest absolute Gasteiger partial charge is 0.253 e. The maximum atomic E-state index is 13.1. The first-order valence-corrected chi connectivity index (χ1v) is 13.6. The highest BCUT2D eigenvalue weighted by atomic mass is 16.5. The number of nitrogens with zero attached hydrogens (tertiary/aromatic N) is 7. The normalized spacial score (nSPS) is 14.2. The van der Waals surface area contributed by atoms with Gasteiger partial charge in [-0.25, -0.2) is 19.6 Å². The van der Waals surface area contributed by atoms with Crippen LogP contribution in [-0.4, -0.2) is 75.1 Å². The number of likely N-dealkylation sites (tertiary alicyclic amines) is 1. The Bertz CT molecular complexity index is 1540. The summed E-state index contributed by atoms with van der Waals surface area (Å²) in [6, 6.07) is 12.8. The van der Waals surface area contributed by atoms with Crippen LogP contribution in [0.1, 0.15) is 35.7 Å². The third kappa shape index (κ3) is 6.64. The summed E-state index contributed by atoms with van der Waals surface area (Å²) in [6.07, 6.45) is 8.07. The molecule has 0 aliphatic carbocycles. The van der Waals surface area contributed by atoms with Gasteiger partial charge in [-0.1, -0.05) is 6.07 Å². The predicted octanol–water partition coefficient (Wildman–Crippen LogP) is 4.08. The summed E-state index contributed by atoms with van der Waals surface area (Å²) in [4.78, 5) is 27.8. The Labute approximate surface area is 243 Å². The fraction of sp³-hybridized carbons (Fsp3) is 0.333. The van der Waals surface area contributed by atoms with E-state index in [1.54, 1.807) is 68.0 Å². The number of nitriles is 1. The van der Waals surface area contributed by atoms with E-state index in [1.165, 1.54) is 6.33 Å². The lowest BCUT2D eigenvalue weighted by Gasteiger charge is -2.31. The zero-order valence-electron chi connectivity index (χ0n) is 23.7. The molecule has 1 aliphatic heterocycles. The van der Waals surface area contributed by atoms with E-state index in [9.17, 15) is 10.1 Å². The van der Waals surface area contributed by atoms with Crippen LogP contribution < -0.4 is 14.8 Å². The molecule has 0 spiro atoms. The molecule has 5 rings (SSSR count). The zero-order valence-corrected chi connectivity index (χ0v) is 23.7. The van der Waals surface area contributed by atoms with Crippen LogP contribution in [0.4, 0.5) is 11.6 Å². The van der Waals surface area contributed by atoms with E-state index in [-0.39, 0.29) is 18.1 Å². The van der Waals surface area contributed by atoms with Gasteiger partial charge in [0.25, 0.3) is 5.91 Å². The maximum Gasteiger partial charge on any atom is 0.253 e. The summed E-state index contributed by atoms with van der Waals surface area (Å²) in [7, 11) is 3.26. The van der Waals surface area contributed by atoms with Crippen molar-refractivity contribution in [3.05, 3.63) is 72.6 Å². The van der Waals surface area contributed by atoms with Gasteiger partial charge in [0.1, 0.15) is 36.3 Å². The molecule has 0 radical (unpaired) electrons. The second-order valence-corrected chi connectivity index (χ2v) is 9.93. The minimum atomic E-state index is -0.239. The lowest BCUT2D eigenvalue weighted by Crippen LogP contribution is -2.40. The Hall–Kier alpha value is -5.02. The Morgan fingerprint density at radius 3 is 2.55 bits per heavy atom. The maximum absolute atomic E-state index is 13.1. The van der Waals surface area contributed by atoms with Crippen molar-refractivity contribution in [2.45, 2.75) is 38.5 Å². The van der Waals surface area contributed by atoms with E-state index in [1.807, 2.05) is 17.9 Å². The molecular weight excluding hydrogens is 536 g/mol. The van der Waals surface area contributed by atoms with Crippen LogP contribution in [0.25, 0.3) is 11.1 Å². The van der Waals surface area contributed by atoms with Crippen LogP contribution in [0.2, 0.25) is 0 Å². The van der Waals surface area contributed by atoms with E-state index in [0.29, 0.717) is 53.9 Å². The molecule has 1 N–H and O–H groups in total. The third-order valence-electron chi connectivity index (χ3n) is 7.08. The number of benzene rings is 2. The van der Waals surface area contributed by atoms with Gasteiger partial charge in [-0.3, -0.25) is 4.79 Å². The number of nitrogens with one attached hydrogen (secondary N) is 1. The molecule has 0 saturated carbocycles. The van der Waals surface area contributed by atoms with Crippen molar-refractivity contribution >= 4 is 17.5 Å². The van der Waals surface area contributed by atoms with Gasteiger partial charge in [0.05, 0.1) is 31.0 Å². The molecule has 0 bridgehead atoms. The Balaban J connectivity index is 1.27. The van der Waals surface area contributed by atoms with Gasteiger partial charge >= 0.3 is 0 Å². The highest BCUT2D eigenvalue weighted by molar-refractivity contribution is 5.95. The summed E-state index contributed by atoms with van der Waals surface area (Å²) in [6.45, 7) is 3.72. The van der Waals surface area contributed by atoms with Crippen molar-refractivity contribution in [2.75, 3.05) is 32.6 Å². The summed E-state index contributed by atoms with van der Waals surface area (Å²) in [5.41, 5.74) is 3.17. The monoisotopic (exact) mass is 568 g/mol. The van der Waals surface area contributed by atoms with Crippen molar-refractivity contribution in [1.82, 2.24) is 29.6 Å². The zero-order chi connectivity index (χ0) is 29.5. The van der Waals surface area contributed by atoms with E-state index in [4.69, 9.17) is 14.2 Å². The lowest BCUT2D eigenvalue weighted by molar-refractivity contribution is 0.0350. The molecule has 1 fully saturated rings. The van der Waals surface area contributed by atoms with Crippen LogP contribution in [-0.2, 0) is 11.3 Å². The number of carbonyl (C=O) groups excluding carboxylic acids is 1. The summed E-state index contributed by atoms with van der Waals surface area (Å²) >= 11 is 0. The number of ether oxygens (including phenoxy) is 3. The Kier molecular flexibility index (Phi) is 8.89. The number of aromatic nitrogens is 5. The number of amides is 1. The molecule has 1 saturated heterocycles. The summed E-state index contributed by atoms with van der Waals surface area (Å²) < 4.78 is 18.7. The topological polar surface area (TPSA) is 140 Å². The van der Waals surface area contributed by atoms with Gasteiger partial charge in [0.15, 0.2) is 0 Å². The molecule has 2 aromatic heterocycles. The van der Waals surface area contributed by atoms with Gasteiger partial charge in [-0.15, -0.1) is 0 Å². The second-order valence-electron chi connectivity index (χ2n) is 9.93. The first-order chi connectivity index (χ1) is 20.5. The first kappa shape index (κ1) is 28.5. The molecule has 4 aromatic rings. The quantitative estimate of drug-likeness (QED) is 0.298. The highest BCUT2D eigenvalue weighted by Crippen LogP contribution is 2.30. The minimum Gasteiger partial charge on any atom is -0.495 e. The number of anilines is 2. The van der Waals surface area contributed by atoms with E-state index >= 15 is 0 Å². The Morgan fingerprint density at radius 1 is 1.10 bits per heavy atom. The van der Waals surface area contributed by atoms with Crippen LogP contribution >= 0.6 is 0 Å². The van der Waals surface area contributed by atoms with Gasteiger partial charge < -0.3 is 24.4 Å². The molecule has 12 heteroatoms. The Morgan fingerprint density at radius 2 is 1.88 bits per heavy atom. The molecule has 2 aromatic carbocycles. The van der Waals surface area contributed by atoms with Gasteiger partial charge in [0.2, 0.25) is 5.95 Å². The lowest BCUT2D eigenvalue weighted by atomic mass is 10.1. The summed E-state index contributed by atoms with van der Waals surface area (Å²) in [5.74, 6) is 1.30. The van der Waals surface area contributed by atoms with Crippen molar-refractivity contribution in [2.24, 2.45) is 0 Å². The van der Waals surface area contributed by atoms with E-state index in [2.05, 4.69) is 31.4 Å². The minimum absolute atomic E-state index is 0.0337. The standard InChI is InChI=1S/C30H32N8O4/c1-20(17-38-19-32-18-35-38)42-27-12-21(4-5-23(27)14-31)24-15-33-30(34-16-24)36-26-7-6-22(13-28(26)41-3)29(39)37-10-8-25(40-2)9-11-37/h4-7,12-13,15-16,18-20,25H,8-11,17H2,1-3H3,(H,33,34,36). The van der Waals surface area contributed by atoms with Crippen LogP contribution in [0.3, 0.4) is 0 Å². The third-order valence-corrected chi connectivity index (χ3v) is 7.08. The summed E-state index contributed by atoms with van der Waals surface area (Å²) in [5, 5.41) is 16.8. The fourth-order valence-electron chi connectivity index (χ4n) is 4.80. The second kappa shape index (κ2) is 13.1. The van der Waals surface area contributed by atoms with Gasteiger partial charge in [-0.2, -0.15) is 10.4 Å². The average Bonchev–Trinajstić information content (AvgIpc) is 3.54. The molecule has 1 atom stereocenters. The SMILES string of the molecule is COc1cc(C(=O)N2CCC(OC)CC2)ccc1Nc1ncc(-c2ccc(C#N)c(OC(C)Cn3cncn3)c2)cn1. The largest absolute Gasteiger partial charge is 0.495 e. The number of hydrogen-bond donors (Lipinski definition) is 1.